The van der Waals surface area contributed by atoms with E-state index >= 15 is 0 Å². The minimum Gasteiger partial charge on any atom is -0.383 e. The fourth-order valence-electron chi connectivity index (χ4n) is 2.02. The van der Waals surface area contributed by atoms with Gasteiger partial charge in [-0.3, -0.25) is 4.79 Å². The zero-order valence-corrected chi connectivity index (χ0v) is 8.96. The molecule has 1 aliphatic rings. The number of hydrogen-bond acceptors (Lipinski definition) is 2. The van der Waals surface area contributed by atoms with Crippen LogP contribution in [0.2, 0.25) is 0 Å². The quantitative estimate of drug-likeness (QED) is 0.720. The molecule has 2 N–H and O–H groups in total. The molecule has 0 spiro atoms. The number of nitrogens with one attached hydrogen (secondary N) is 1. The van der Waals surface area contributed by atoms with Crippen LogP contribution >= 0.6 is 0 Å². The minimum atomic E-state index is -0.776. The van der Waals surface area contributed by atoms with E-state index in [2.05, 4.69) is 5.32 Å². The normalized spacial score (nSPS) is 20.4. The summed E-state index contributed by atoms with van der Waals surface area (Å²) in [6, 6.07) is 0. The van der Waals surface area contributed by atoms with Crippen LogP contribution in [0.1, 0.15) is 45.4 Å². The second-order valence-corrected chi connectivity index (χ2v) is 4.13. The molecule has 3 heteroatoms. The number of amides is 1. The van der Waals surface area contributed by atoms with E-state index in [1.807, 2.05) is 6.92 Å². The van der Waals surface area contributed by atoms with Crippen LogP contribution in [0.3, 0.4) is 0 Å². The summed E-state index contributed by atoms with van der Waals surface area (Å²) in [6.07, 6.45) is 5.71. The van der Waals surface area contributed by atoms with Gasteiger partial charge in [0.25, 0.3) is 0 Å². The first-order chi connectivity index (χ1) is 6.75. The van der Waals surface area contributed by atoms with E-state index in [0.717, 1.165) is 32.1 Å². The molecule has 0 heterocycles. The van der Waals surface area contributed by atoms with Crippen LogP contribution in [0.15, 0.2) is 0 Å². The molecule has 1 unspecified atom stereocenters. The molecule has 0 radical (unpaired) electrons. The number of hydrogen-bond donors (Lipinski definition) is 2. The average Bonchev–Trinajstić information content (AvgIpc) is 2.26. The first-order valence-electron chi connectivity index (χ1n) is 5.71. The Kier molecular flexibility index (Phi) is 4.94. The molecule has 0 bridgehead atoms. The molecule has 0 aromatic rings. The summed E-state index contributed by atoms with van der Waals surface area (Å²) in [7, 11) is 0. The van der Waals surface area contributed by atoms with Crippen molar-refractivity contribution in [2.45, 2.75) is 51.6 Å². The molecule has 0 aromatic heterocycles. The fourth-order valence-corrected chi connectivity index (χ4v) is 2.02. The lowest BCUT2D eigenvalue weighted by molar-refractivity contribution is -0.132. The summed E-state index contributed by atoms with van der Waals surface area (Å²) in [4.78, 5) is 11.4. The Hall–Kier alpha value is -0.570. The van der Waals surface area contributed by atoms with Gasteiger partial charge >= 0.3 is 0 Å². The monoisotopic (exact) mass is 199 g/mol. The molecule has 0 aliphatic heterocycles. The van der Waals surface area contributed by atoms with Crippen molar-refractivity contribution in [1.29, 1.82) is 0 Å². The van der Waals surface area contributed by atoms with Crippen molar-refractivity contribution in [3.63, 3.8) is 0 Å². The summed E-state index contributed by atoms with van der Waals surface area (Å²) in [6.45, 7) is 2.68. The van der Waals surface area contributed by atoms with Crippen LogP contribution in [0, 0.1) is 5.92 Å². The van der Waals surface area contributed by atoms with Gasteiger partial charge in [-0.25, -0.2) is 0 Å². The second kappa shape index (κ2) is 6.02. The zero-order valence-electron chi connectivity index (χ0n) is 8.96. The van der Waals surface area contributed by atoms with E-state index < -0.39 is 6.10 Å². The molecular formula is C11H21NO2. The summed E-state index contributed by atoms with van der Waals surface area (Å²) in [5, 5.41) is 12.5. The first-order valence-corrected chi connectivity index (χ1v) is 5.71. The maximum absolute atomic E-state index is 11.4. The van der Waals surface area contributed by atoms with Crippen LogP contribution in [-0.2, 0) is 4.79 Å². The molecule has 82 valence electrons. The highest BCUT2D eigenvalue weighted by Crippen LogP contribution is 2.26. The Morgan fingerprint density at radius 3 is 2.64 bits per heavy atom. The van der Waals surface area contributed by atoms with Crippen molar-refractivity contribution in [1.82, 2.24) is 5.32 Å². The van der Waals surface area contributed by atoms with E-state index in [9.17, 15) is 9.90 Å². The van der Waals surface area contributed by atoms with Crippen molar-refractivity contribution >= 4 is 5.91 Å². The highest BCUT2D eigenvalue weighted by Gasteiger charge is 2.26. The van der Waals surface area contributed by atoms with Crippen LogP contribution in [0.25, 0.3) is 0 Å². The van der Waals surface area contributed by atoms with E-state index in [1.54, 1.807) is 0 Å². The van der Waals surface area contributed by atoms with Gasteiger partial charge < -0.3 is 10.4 Å². The van der Waals surface area contributed by atoms with Crippen LogP contribution < -0.4 is 5.32 Å². The standard InChI is InChI=1S/C11H21NO2/c1-2-8-12-11(14)10(13)9-6-4-3-5-7-9/h9-10,13H,2-8H2,1H3,(H,12,14). The predicted molar refractivity (Wildman–Crippen MR) is 55.9 cm³/mol. The van der Waals surface area contributed by atoms with Crippen LogP contribution in [0.4, 0.5) is 0 Å². The van der Waals surface area contributed by atoms with Crippen molar-refractivity contribution in [3.8, 4) is 0 Å². The van der Waals surface area contributed by atoms with Gasteiger partial charge in [0.2, 0.25) is 5.91 Å². The third kappa shape index (κ3) is 3.29. The Morgan fingerprint density at radius 2 is 2.07 bits per heavy atom. The molecule has 0 saturated heterocycles. The molecule has 1 aliphatic carbocycles. The van der Waals surface area contributed by atoms with Gasteiger partial charge in [-0.15, -0.1) is 0 Å². The second-order valence-electron chi connectivity index (χ2n) is 4.13. The van der Waals surface area contributed by atoms with Gasteiger partial charge in [0.05, 0.1) is 0 Å². The van der Waals surface area contributed by atoms with Crippen LogP contribution in [-0.4, -0.2) is 23.7 Å². The van der Waals surface area contributed by atoms with Crippen molar-refractivity contribution in [2.75, 3.05) is 6.54 Å². The molecule has 14 heavy (non-hydrogen) atoms. The number of aliphatic hydroxyl groups excluding tert-OH is 1. The summed E-state index contributed by atoms with van der Waals surface area (Å²) < 4.78 is 0. The number of carbonyl (C=O) groups excluding carboxylic acids is 1. The van der Waals surface area contributed by atoms with Crippen molar-refractivity contribution < 1.29 is 9.90 Å². The topological polar surface area (TPSA) is 49.3 Å². The maximum Gasteiger partial charge on any atom is 0.249 e. The van der Waals surface area contributed by atoms with E-state index in [4.69, 9.17) is 0 Å². The summed E-state index contributed by atoms with van der Waals surface area (Å²) >= 11 is 0. The Labute approximate surface area is 85.9 Å². The van der Waals surface area contributed by atoms with Gasteiger partial charge in [-0.05, 0) is 25.2 Å². The largest absolute Gasteiger partial charge is 0.383 e. The lowest BCUT2D eigenvalue weighted by Crippen LogP contribution is -2.40. The molecule has 1 rings (SSSR count). The maximum atomic E-state index is 11.4. The smallest absolute Gasteiger partial charge is 0.249 e. The molecular weight excluding hydrogens is 178 g/mol. The SMILES string of the molecule is CCCNC(=O)C(O)C1CCCCC1. The minimum absolute atomic E-state index is 0.182. The predicted octanol–water partition coefficient (Wildman–Crippen LogP) is 1.45. The Balaban J connectivity index is 2.30. The molecule has 3 nitrogen and oxygen atoms in total. The lowest BCUT2D eigenvalue weighted by Gasteiger charge is -2.25. The van der Waals surface area contributed by atoms with Gasteiger partial charge in [0, 0.05) is 6.54 Å². The zero-order chi connectivity index (χ0) is 10.4. The van der Waals surface area contributed by atoms with Gasteiger partial charge in [0.1, 0.15) is 6.10 Å². The van der Waals surface area contributed by atoms with E-state index in [-0.39, 0.29) is 11.8 Å². The number of aliphatic hydroxyl groups is 1. The Bertz CT molecular complexity index is 176. The highest BCUT2D eigenvalue weighted by atomic mass is 16.3. The van der Waals surface area contributed by atoms with E-state index in [0.29, 0.717) is 6.54 Å². The van der Waals surface area contributed by atoms with Crippen molar-refractivity contribution in [2.24, 2.45) is 5.92 Å². The average molecular weight is 199 g/mol. The molecule has 1 saturated carbocycles. The third-order valence-corrected chi connectivity index (χ3v) is 2.91. The van der Waals surface area contributed by atoms with Crippen LogP contribution in [0.5, 0.6) is 0 Å². The molecule has 0 aromatic carbocycles. The molecule has 1 fully saturated rings. The van der Waals surface area contributed by atoms with Gasteiger partial charge in [-0.1, -0.05) is 26.2 Å². The summed E-state index contributed by atoms with van der Waals surface area (Å²) in [5.74, 6) is 0.0133. The third-order valence-electron chi connectivity index (χ3n) is 2.91. The van der Waals surface area contributed by atoms with Gasteiger partial charge in [0.15, 0.2) is 0 Å². The highest BCUT2D eigenvalue weighted by molar-refractivity contribution is 5.80. The number of carbonyl (C=O) groups is 1. The van der Waals surface area contributed by atoms with E-state index in [1.165, 1.54) is 6.42 Å². The Morgan fingerprint density at radius 1 is 1.43 bits per heavy atom. The molecule has 1 amide bonds. The first kappa shape index (κ1) is 11.5. The lowest BCUT2D eigenvalue weighted by atomic mass is 9.85. The fraction of sp³-hybridized carbons (Fsp3) is 0.909. The number of rotatable bonds is 4. The molecule has 1 atom stereocenters. The van der Waals surface area contributed by atoms with Gasteiger partial charge in [-0.2, -0.15) is 0 Å². The summed E-state index contributed by atoms with van der Waals surface area (Å²) in [5.41, 5.74) is 0. The van der Waals surface area contributed by atoms with Crippen molar-refractivity contribution in [3.05, 3.63) is 0 Å².